The van der Waals surface area contributed by atoms with Crippen molar-refractivity contribution in [3.8, 4) is 0 Å². The summed E-state index contributed by atoms with van der Waals surface area (Å²) in [5, 5.41) is 13.9. The van der Waals surface area contributed by atoms with E-state index < -0.39 is 35.9 Å². The van der Waals surface area contributed by atoms with Gasteiger partial charge in [-0.25, -0.2) is 0 Å². The van der Waals surface area contributed by atoms with Crippen LogP contribution in [0.25, 0.3) is 0 Å². The first-order valence-electron chi connectivity index (χ1n) is 8.03. The van der Waals surface area contributed by atoms with Gasteiger partial charge >= 0.3 is 5.97 Å². The zero-order valence-corrected chi connectivity index (χ0v) is 14.2. The molecule has 0 fully saturated rings. The minimum Gasteiger partial charge on any atom is -0.480 e. The molecule has 0 aliphatic heterocycles. The van der Waals surface area contributed by atoms with Crippen LogP contribution in [0.15, 0.2) is 0 Å². The summed E-state index contributed by atoms with van der Waals surface area (Å²) in [7, 11) is 0. The molecule has 0 aromatic carbocycles. The SMILES string of the molecule is CC[C@H](C)[C@H](N)C(=O)N[C@@H](CCCCN)C(=O)N[C@@H](C)C(=O)O. The van der Waals surface area contributed by atoms with E-state index in [1.807, 2.05) is 13.8 Å². The van der Waals surface area contributed by atoms with Gasteiger partial charge in [0, 0.05) is 0 Å². The van der Waals surface area contributed by atoms with Gasteiger partial charge in [0.2, 0.25) is 11.8 Å². The van der Waals surface area contributed by atoms with Crippen LogP contribution in [0.5, 0.6) is 0 Å². The lowest BCUT2D eigenvalue weighted by Gasteiger charge is -2.23. The van der Waals surface area contributed by atoms with Crippen molar-refractivity contribution in [3.63, 3.8) is 0 Å². The number of carbonyl (C=O) groups is 3. The van der Waals surface area contributed by atoms with Crippen molar-refractivity contribution in [1.82, 2.24) is 10.6 Å². The number of carboxylic acids is 1. The van der Waals surface area contributed by atoms with Gasteiger partial charge in [0.1, 0.15) is 12.1 Å². The molecule has 0 aromatic rings. The number of nitrogens with two attached hydrogens (primary N) is 2. The largest absolute Gasteiger partial charge is 0.480 e. The third kappa shape index (κ3) is 7.94. The number of unbranched alkanes of at least 4 members (excludes halogenated alkanes) is 1. The van der Waals surface area contributed by atoms with Crippen LogP contribution in [0.4, 0.5) is 0 Å². The van der Waals surface area contributed by atoms with Crippen LogP contribution >= 0.6 is 0 Å². The maximum Gasteiger partial charge on any atom is 0.325 e. The smallest absolute Gasteiger partial charge is 0.325 e. The van der Waals surface area contributed by atoms with Crippen molar-refractivity contribution in [2.75, 3.05) is 6.54 Å². The van der Waals surface area contributed by atoms with E-state index in [4.69, 9.17) is 16.6 Å². The Hall–Kier alpha value is -1.67. The summed E-state index contributed by atoms with van der Waals surface area (Å²) >= 11 is 0. The van der Waals surface area contributed by atoms with Crippen molar-refractivity contribution in [1.29, 1.82) is 0 Å². The van der Waals surface area contributed by atoms with Crippen molar-refractivity contribution in [2.45, 2.75) is 64.6 Å². The molecular weight excluding hydrogens is 300 g/mol. The fraction of sp³-hybridized carbons (Fsp3) is 0.800. The highest BCUT2D eigenvalue weighted by molar-refractivity contribution is 5.91. The first-order chi connectivity index (χ1) is 10.7. The molecule has 8 heteroatoms. The van der Waals surface area contributed by atoms with Crippen LogP contribution in [0.3, 0.4) is 0 Å². The Kier molecular flexibility index (Phi) is 10.2. The molecule has 8 nitrogen and oxygen atoms in total. The lowest BCUT2D eigenvalue weighted by molar-refractivity contribution is -0.141. The zero-order chi connectivity index (χ0) is 18.0. The summed E-state index contributed by atoms with van der Waals surface area (Å²) < 4.78 is 0. The molecule has 0 aliphatic rings. The van der Waals surface area contributed by atoms with Gasteiger partial charge in [0.05, 0.1) is 6.04 Å². The number of aliphatic carboxylic acids is 1. The monoisotopic (exact) mass is 330 g/mol. The highest BCUT2D eigenvalue weighted by Gasteiger charge is 2.27. The Morgan fingerprint density at radius 3 is 2.17 bits per heavy atom. The quantitative estimate of drug-likeness (QED) is 0.324. The number of hydrogen-bond donors (Lipinski definition) is 5. The molecule has 2 amide bonds. The molecule has 7 N–H and O–H groups in total. The molecule has 0 aliphatic carbocycles. The highest BCUT2D eigenvalue weighted by atomic mass is 16.4. The standard InChI is InChI=1S/C15H30N4O4/c1-4-9(2)12(17)14(21)19-11(7-5-6-8-16)13(20)18-10(3)15(22)23/h9-12H,4-8,16-17H2,1-3H3,(H,18,20)(H,19,21)(H,22,23)/t9-,10-,11-,12-/m0/s1. The maximum atomic E-state index is 12.2. The Morgan fingerprint density at radius 1 is 1.09 bits per heavy atom. The van der Waals surface area contributed by atoms with Gasteiger partial charge < -0.3 is 27.2 Å². The van der Waals surface area contributed by atoms with E-state index in [2.05, 4.69) is 10.6 Å². The fourth-order valence-electron chi connectivity index (χ4n) is 1.92. The number of hydrogen-bond acceptors (Lipinski definition) is 5. The molecule has 0 bridgehead atoms. The molecule has 134 valence electrons. The third-order valence-corrected chi connectivity index (χ3v) is 3.87. The van der Waals surface area contributed by atoms with Crippen LogP contribution in [-0.2, 0) is 14.4 Å². The third-order valence-electron chi connectivity index (χ3n) is 3.87. The topological polar surface area (TPSA) is 148 Å². The highest BCUT2D eigenvalue weighted by Crippen LogP contribution is 2.07. The van der Waals surface area contributed by atoms with E-state index in [1.54, 1.807) is 0 Å². The summed E-state index contributed by atoms with van der Waals surface area (Å²) in [5.41, 5.74) is 11.3. The molecule has 0 rings (SSSR count). The number of amides is 2. The van der Waals surface area contributed by atoms with E-state index in [1.165, 1.54) is 6.92 Å². The molecule has 0 heterocycles. The summed E-state index contributed by atoms with van der Waals surface area (Å²) in [6.07, 6.45) is 2.49. The van der Waals surface area contributed by atoms with Gasteiger partial charge in [-0.1, -0.05) is 20.3 Å². The number of nitrogens with one attached hydrogen (secondary N) is 2. The van der Waals surface area contributed by atoms with Gasteiger partial charge in [0.15, 0.2) is 0 Å². The number of rotatable bonds is 11. The minimum absolute atomic E-state index is 0.0132. The van der Waals surface area contributed by atoms with E-state index in [-0.39, 0.29) is 5.92 Å². The van der Waals surface area contributed by atoms with E-state index in [0.29, 0.717) is 25.8 Å². The molecule has 0 unspecified atom stereocenters. The molecule has 0 spiro atoms. The molecule has 0 saturated carbocycles. The molecule has 0 saturated heterocycles. The second-order valence-electron chi connectivity index (χ2n) is 5.83. The van der Waals surface area contributed by atoms with E-state index >= 15 is 0 Å². The summed E-state index contributed by atoms with van der Waals surface area (Å²) in [6, 6.07) is -2.55. The fourth-order valence-corrected chi connectivity index (χ4v) is 1.92. The van der Waals surface area contributed by atoms with E-state index in [0.717, 1.165) is 6.42 Å². The Labute approximate surface area is 137 Å². The van der Waals surface area contributed by atoms with Gasteiger partial charge in [-0.05, 0) is 38.6 Å². The predicted octanol–water partition coefficient (Wildman–Crippen LogP) is -0.437. The molecule has 23 heavy (non-hydrogen) atoms. The van der Waals surface area contributed by atoms with Crippen LogP contribution in [-0.4, -0.2) is 47.6 Å². The van der Waals surface area contributed by atoms with Gasteiger partial charge in [-0.3, -0.25) is 14.4 Å². The molecule has 4 atom stereocenters. The first kappa shape index (κ1) is 21.3. The lowest BCUT2D eigenvalue weighted by Crippen LogP contribution is -2.55. The van der Waals surface area contributed by atoms with Crippen LogP contribution in [0, 0.1) is 5.92 Å². The lowest BCUT2D eigenvalue weighted by atomic mass is 9.98. The maximum absolute atomic E-state index is 12.2. The predicted molar refractivity (Wildman–Crippen MR) is 87.5 cm³/mol. The normalized spacial score (nSPS) is 16.0. The first-order valence-corrected chi connectivity index (χ1v) is 8.03. The summed E-state index contributed by atoms with van der Waals surface area (Å²) in [5.74, 6) is -2.08. The van der Waals surface area contributed by atoms with E-state index in [9.17, 15) is 14.4 Å². The van der Waals surface area contributed by atoms with Gasteiger partial charge in [0.25, 0.3) is 0 Å². The second-order valence-corrected chi connectivity index (χ2v) is 5.83. The van der Waals surface area contributed by atoms with Gasteiger partial charge in [-0.2, -0.15) is 0 Å². The van der Waals surface area contributed by atoms with Crippen LogP contribution in [0.2, 0.25) is 0 Å². The summed E-state index contributed by atoms with van der Waals surface area (Å²) in [6.45, 7) is 5.64. The van der Waals surface area contributed by atoms with Crippen molar-refractivity contribution < 1.29 is 19.5 Å². The Morgan fingerprint density at radius 2 is 1.70 bits per heavy atom. The van der Waals surface area contributed by atoms with Crippen molar-refractivity contribution in [2.24, 2.45) is 17.4 Å². The van der Waals surface area contributed by atoms with Crippen molar-refractivity contribution >= 4 is 17.8 Å². The number of carbonyl (C=O) groups excluding carboxylic acids is 2. The Bertz CT molecular complexity index is 403. The summed E-state index contributed by atoms with van der Waals surface area (Å²) in [4.78, 5) is 35.2. The average Bonchev–Trinajstić information content (AvgIpc) is 2.51. The Balaban J connectivity index is 4.82. The van der Waals surface area contributed by atoms with Gasteiger partial charge in [-0.15, -0.1) is 0 Å². The average molecular weight is 330 g/mol. The van der Waals surface area contributed by atoms with Crippen LogP contribution < -0.4 is 22.1 Å². The minimum atomic E-state index is -1.14. The molecule has 0 aromatic heterocycles. The van der Waals surface area contributed by atoms with Crippen molar-refractivity contribution in [3.05, 3.63) is 0 Å². The number of carboxylic acid groups (broad SMARTS) is 1. The molecular formula is C15H30N4O4. The van der Waals surface area contributed by atoms with Crippen LogP contribution in [0.1, 0.15) is 46.5 Å². The zero-order valence-electron chi connectivity index (χ0n) is 14.2. The molecule has 0 radical (unpaired) electrons. The second kappa shape index (κ2) is 11.0.